The van der Waals surface area contributed by atoms with Crippen LogP contribution in [0, 0.1) is 11.8 Å². The average Bonchev–Trinajstić information content (AvgIpc) is 2.72. The largest absolute Gasteiger partial charge is 0.394 e. The maximum atomic E-state index is 9.85. The van der Waals surface area contributed by atoms with Crippen LogP contribution in [0.1, 0.15) is 12.8 Å². The first-order valence-electron chi connectivity index (χ1n) is 5.68. The number of rotatable bonds is 3. The molecular weight excluding hydrogens is 210 g/mol. The van der Waals surface area contributed by atoms with E-state index in [0.29, 0.717) is 6.42 Å². The summed E-state index contributed by atoms with van der Waals surface area (Å²) in [6, 6.07) is 0. The molecule has 1 saturated heterocycles. The number of hydrogen-bond acceptors (Lipinski definition) is 5. The van der Waals surface area contributed by atoms with Crippen molar-refractivity contribution in [1.82, 2.24) is 0 Å². The summed E-state index contributed by atoms with van der Waals surface area (Å²) in [5.41, 5.74) is 5.22. The molecule has 0 amide bonds. The maximum Gasteiger partial charge on any atom is 0.121 e. The smallest absolute Gasteiger partial charge is 0.121 e. The summed E-state index contributed by atoms with van der Waals surface area (Å²) in [6.45, 7) is 0.0268. The molecule has 2 aliphatic rings. The highest BCUT2D eigenvalue weighted by Gasteiger charge is 2.47. The zero-order chi connectivity index (χ0) is 11.7. The molecular formula is C11H19NO4. The van der Waals surface area contributed by atoms with Crippen molar-refractivity contribution in [2.75, 3.05) is 6.61 Å². The Balaban J connectivity index is 2.02. The SMILES string of the molecule is N[C@H](O)/C=C/[C@@H]1[C@H]2CC(CO)O[C@H]2C[C@H]1O. The minimum absolute atomic E-state index is 0.0247. The van der Waals surface area contributed by atoms with Gasteiger partial charge in [0.05, 0.1) is 24.9 Å². The predicted molar refractivity (Wildman–Crippen MR) is 57.3 cm³/mol. The Morgan fingerprint density at radius 2 is 2.19 bits per heavy atom. The number of fused-ring (bicyclic) bond motifs is 1. The Morgan fingerprint density at radius 1 is 1.44 bits per heavy atom. The van der Waals surface area contributed by atoms with E-state index in [4.69, 9.17) is 20.7 Å². The van der Waals surface area contributed by atoms with E-state index in [0.717, 1.165) is 6.42 Å². The van der Waals surface area contributed by atoms with Crippen LogP contribution in [0.5, 0.6) is 0 Å². The summed E-state index contributed by atoms with van der Waals surface area (Å²) in [5.74, 6) is 0.196. The third-order valence-corrected chi connectivity index (χ3v) is 3.53. The van der Waals surface area contributed by atoms with Crippen molar-refractivity contribution in [3.05, 3.63) is 12.2 Å². The van der Waals surface area contributed by atoms with Crippen molar-refractivity contribution >= 4 is 0 Å². The highest BCUT2D eigenvalue weighted by Crippen LogP contribution is 2.43. The molecule has 5 nitrogen and oxygen atoms in total. The molecule has 5 heteroatoms. The molecule has 0 spiro atoms. The quantitative estimate of drug-likeness (QED) is 0.366. The van der Waals surface area contributed by atoms with Gasteiger partial charge in [0.25, 0.3) is 0 Å². The number of ether oxygens (including phenoxy) is 1. The molecule has 0 bridgehead atoms. The fraction of sp³-hybridized carbons (Fsp3) is 0.818. The predicted octanol–water partition coefficient (Wildman–Crippen LogP) is -1.03. The van der Waals surface area contributed by atoms with Gasteiger partial charge in [-0.1, -0.05) is 6.08 Å². The van der Waals surface area contributed by atoms with Crippen molar-refractivity contribution in [3.8, 4) is 0 Å². The molecule has 5 N–H and O–H groups in total. The fourth-order valence-corrected chi connectivity index (χ4v) is 2.81. The van der Waals surface area contributed by atoms with Crippen LogP contribution in [0.3, 0.4) is 0 Å². The molecule has 6 atom stereocenters. The van der Waals surface area contributed by atoms with Crippen molar-refractivity contribution in [2.24, 2.45) is 17.6 Å². The molecule has 2 fully saturated rings. The summed E-state index contributed by atoms with van der Waals surface area (Å²) < 4.78 is 5.60. The van der Waals surface area contributed by atoms with Gasteiger partial charge in [0, 0.05) is 12.3 Å². The first-order valence-corrected chi connectivity index (χ1v) is 5.68. The Kier molecular flexibility index (Phi) is 3.61. The molecule has 1 aliphatic heterocycles. The van der Waals surface area contributed by atoms with E-state index in [-0.39, 0.29) is 30.7 Å². The van der Waals surface area contributed by atoms with Crippen LogP contribution < -0.4 is 5.73 Å². The highest BCUT2D eigenvalue weighted by molar-refractivity contribution is 5.06. The first kappa shape index (κ1) is 12.0. The van der Waals surface area contributed by atoms with E-state index in [1.165, 1.54) is 6.08 Å². The number of hydrogen-bond donors (Lipinski definition) is 4. The van der Waals surface area contributed by atoms with Crippen LogP contribution in [0.4, 0.5) is 0 Å². The molecule has 16 heavy (non-hydrogen) atoms. The molecule has 0 aromatic rings. The Morgan fingerprint density at radius 3 is 2.81 bits per heavy atom. The van der Waals surface area contributed by atoms with Crippen LogP contribution in [0.15, 0.2) is 12.2 Å². The van der Waals surface area contributed by atoms with Gasteiger partial charge in [-0.15, -0.1) is 0 Å². The summed E-state index contributed by atoms with van der Waals surface area (Å²) in [4.78, 5) is 0. The van der Waals surface area contributed by atoms with Gasteiger partial charge in [-0.2, -0.15) is 0 Å². The number of aliphatic hydroxyl groups excluding tert-OH is 3. The van der Waals surface area contributed by atoms with Crippen LogP contribution in [-0.2, 0) is 4.74 Å². The maximum absolute atomic E-state index is 9.85. The molecule has 92 valence electrons. The lowest BCUT2D eigenvalue weighted by Gasteiger charge is -2.16. The van der Waals surface area contributed by atoms with Crippen LogP contribution in [-0.4, -0.2) is 46.5 Å². The third kappa shape index (κ3) is 2.28. The van der Waals surface area contributed by atoms with Gasteiger partial charge in [0.2, 0.25) is 0 Å². The molecule has 1 heterocycles. The Labute approximate surface area is 94.5 Å². The lowest BCUT2D eigenvalue weighted by atomic mass is 9.90. The van der Waals surface area contributed by atoms with Crippen LogP contribution >= 0.6 is 0 Å². The van der Waals surface area contributed by atoms with E-state index in [1.807, 2.05) is 0 Å². The van der Waals surface area contributed by atoms with Crippen LogP contribution in [0.2, 0.25) is 0 Å². The summed E-state index contributed by atoms with van der Waals surface area (Å²) in [6.07, 6.45) is 3.10. The van der Waals surface area contributed by atoms with Crippen molar-refractivity contribution in [2.45, 2.75) is 37.4 Å². The normalized spacial score (nSPS) is 45.1. The second-order valence-corrected chi connectivity index (χ2v) is 4.63. The lowest BCUT2D eigenvalue weighted by Crippen LogP contribution is -2.21. The summed E-state index contributed by atoms with van der Waals surface area (Å²) in [7, 11) is 0. The monoisotopic (exact) mass is 229 g/mol. The second kappa shape index (κ2) is 4.81. The van der Waals surface area contributed by atoms with Gasteiger partial charge in [-0.3, -0.25) is 0 Å². The van der Waals surface area contributed by atoms with Gasteiger partial charge < -0.3 is 25.8 Å². The van der Waals surface area contributed by atoms with E-state index < -0.39 is 12.3 Å². The molecule has 1 saturated carbocycles. The lowest BCUT2D eigenvalue weighted by molar-refractivity contribution is 0.000311. The van der Waals surface area contributed by atoms with Crippen molar-refractivity contribution in [3.63, 3.8) is 0 Å². The highest BCUT2D eigenvalue weighted by atomic mass is 16.5. The van der Waals surface area contributed by atoms with Crippen molar-refractivity contribution in [1.29, 1.82) is 0 Å². The van der Waals surface area contributed by atoms with Crippen molar-refractivity contribution < 1.29 is 20.1 Å². The number of aliphatic hydroxyl groups is 3. The summed E-state index contributed by atoms with van der Waals surface area (Å²) >= 11 is 0. The first-order chi connectivity index (χ1) is 7.61. The zero-order valence-corrected chi connectivity index (χ0v) is 9.07. The van der Waals surface area contributed by atoms with Gasteiger partial charge in [-0.25, -0.2) is 0 Å². The van der Waals surface area contributed by atoms with E-state index in [2.05, 4.69) is 0 Å². The third-order valence-electron chi connectivity index (χ3n) is 3.53. The standard InChI is InChI=1S/C11H19NO4/c12-11(15)2-1-7-8-3-6(5-13)16-10(8)4-9(7)14/h1-2,6-11,13-15H,3-5,12H2/b2-1+/t6?,7-,8-,9-,10+,11-/m1/s1. The molecule has 1 aliphatic carbocycles. The molecule has 0 aromatic heterocycles. The molecule has 2 rings (SSSR count). The fourth-order valence-electron chi connectivity index (χ4n) is 2.81. The second-order valence-electron chi connectivity index (χ2n) is 4.63. The Hall–Kier alpha value is -0.460. The van der Waals surface area contributed by atoms with E-state index in [9.17, 15) is 5.11 Å². The Bertz CT molecular complexity index is 269. The minimum Gasteiger partial charge on any atom is -0.394 e. The van der Waals surface area contributed by atoms with Gasteiger partial charge in [-0.05, 0) is 18.4 Å². The molecule has 0 radical (unpaired) electrons. The van der Waals surface area contributed by atoms with Gasteiger partial charge in [0.1, 0.15) is 6.23 Å². The molecule has 1 unspecified atom stereocenters. The summed E-state index contributed by atoms with van der Waals surface area (Å²) in [5, 5.41) is 27.9. The van der Waals surface area contributed by atoms with E-state index >= 15 is 0 Å². The topological polar surface area (TPSA) is 95.9 Å². The molecule has 0 aromatic carbocycles. The average molecular weight is 229 g/mol. The van der Waals surface area contributed by atoms with Crippen LogP contribution in [0.25, 0.3) is 0 Å². The van der Waals surface area contributed by atoms with Gasteiger partial charge >= 0.3 is 0 Å². The zero-order valence-electron chi connectivity index (χ0n) is 9.07. The minimum atomic E-state index is -0.984. The number of nitrogens with two attached hydrogens (primary N) is 1. The van der Waals surface area contributed by atoms with Gasteiger partial charge in [0.15, 0.2) is 0 Å². The van der Waals surface area contributed by atoms with E-state index in [1.54, 1.807) is 6.08 Å².